The molecule has 4 atom stereocenters. The van der Waals surface area contributed by atoms with Gasteiger partial charge in [0, 0.05) is 48.2 Å². The Labute approximate surface area is 164 Å². The zero-order valence-corrected chi connectivity index (χ0v) is 16.8. The summed E-state index contributed by atoms with van der Waals surface area (Å²) in [6.45, 7) is 7.10. The van der Waals surface area contributed by atoms with Crippen LogP contribution < -0.4 is 0 Å². The lowest BCUT2D eigenvalue weighted by Crippen LogP contribution is -2.40. The molecule has 146 valence electrons. The number of nitrogens with zero attached hydrogens (tertiary/aromatic N) is 1. The molecule has 28 heavy (non-hydrogen) atoms. The third-order valence-corrected chi connectivity index (χ3v) is 8.32. The van der Waals surface area contributed by atoms with Gasteiger partial charge >= 0.3 is 5.97 Å². The van der Waals surface area contributed by atoms with Crippen LogP contribution in [0.1, 0.15) is 39.5 Å². The van der Waals surface area contributed by atoms with Crippen molar-refractivity contribution in [3.05, 3.63) is 33.6 Å². The smallest absolute Gasteiger partial charge is 0.338 e. The van der Waals surface area contributed by atoms with Crippen LogP contribution >= 0.6 is 0 Å². The molecule has 0 saturated heterocycles. The number of ketones is 1. The first-order chi connectivity index (χ1) is 13.5. The molecule has 3 aliphatic heterocycles. The summed E-state index contributed by atoms with van der Waals surface area (Å²) in [4.78, 5) is 26.8. The number of methoxy groups -OCH3 is 1. The molecular formula is C23H26NO4+. The predicted octanol–water partition coefficient (Wildman–Crippen LogP) is 2.56. The van der Waals surface area contributed by atoms with E-state index in [0.29, 0.717) is 36.0 Å². The van der Waals surface area contributed by atoms with Crippen molar-refractivity contribution in [1.82, 2.24) is 0 Å². The number of esters is 1. The average Bonchev–Trinajstić information content (AvgIpc) is 3.11. The number of carbonyl (C=O) groups excluding carboxylic acids is 2. The Balaban J connectivity index is 1.74. The minimum absolute atomic E-state index is 0.0402. The molecule has 0 N–H and O–H groups in total. The highest BCUT2D eigenvalue weighted by atomic mass is 16.5. The summed E-state index contributed by atoms with van der Waals surface area (Å²) < 4.78 is 13.9. The van der Waals surface area contributed by atoms with E-state index >= 15 is 0 Å². The van der Waals surface area contributed by atoms with Crippen LogP contribution in [-0.2, 0) is 19.1 Å². The number of carbonyl (C=O) groups is 2. The lowest BCUT2D eigenvalue weighted by molar-refractivity contribution is -0.538. The molecule has 2 bridgehead atoms. The van der Waals surface area contributed by atoms with Crippen molar-refractivity contribution in [1.29, 1.82) is 0 Å². The van der Waals surface area contributed by atoms with Crippen LogP contribution in [0.2, 0.25) is 0 Å². The second kappa shape index (κ2) is 5.25. The zero-order chi connectivity index (χ0) is 19.4. The van der Waals surface area contributed by atoms with Crippen molar-refractivity contribution in [3.63, 3.8) is 0 Å². The van der Waals surface area contributed by atoms with Crippen molar-refractivity contribution >= 4 is 17.5 Å². The molecule has 6 rings (SSSR count). The van der Waals surface area contributed by atoms with Gasteiger partial charge in [-0.3, -0.25) is 4.79 Å². The molecule has 0 radical (unpaired) electrons. The Bertz CT molecular complexity index is 994. The SMILES string of the molecule is COC(=O)C1=C2CCOC3=C2C2=C1C(=O)[C@@H]1CC4=[N+](C[C@@H](CC3)[C@@]24C)C[C@H]1C. The summed E-state index contributed by atoms with van der Waals surface area (Å²) in [6, 6.07) is 0. The van der Waals surface area contributed by atoms with Crippen molar-refractivity contribution in [2.75, 3.05) is 26.8 Å². The second-order valence-electron chi connectivity index (χ2n) is 9.43. The van der Waals surface area contributed by atoms with Gasteiger partial charge in [-0.1, -0.05) is 6.92 Å². The maximum Gasteiger partial charge on any atom is 0.338 e. The molecule has 5 heteroatoms. The molecule has 0 aromatic heterocycles. The summed E-state index contributed by atoms with van der Waals surface area (Å²) in [6.07, 6.45) is 3.45. The molecule has 0 amide bonds. The number of rotatable bonds is 1. The van der Waals surface area contributed by atoms with Crippen LogP contribution in [-0.4, -0.2) is 48.8 Å². The van der Waals surface area contributed by atoms with Crippen LogP contribution in [0, 0.1) is 23.2 Å². The first-order valence-corrected chi connectivity index (χ1v) is 10.6. The minimum atomic E-state index is -0.364. The Hall–Kier alpha value is -2.17. The summed E-state index contributed by atoms with van der Waals surface area (Å²) in [7, 11) is 1.42. The lowest BCUT2D eigenvalue weighted by atomic mass is 9.66. The summed E-state index contributed by atoms with van der Waals surface area (Å²) in [5, 5.41) is 0. The second-order valence-corrected chi connectivity index (χ2v) is 9.43. The Morgan fingerprint density at radius 2 is 2.07 bits per heavy atom. The van der Waals surface area contributed by atoms with E-state index in [-0.39, 0.29) is 23.1 Å². The molecule has 6 aliphatic rings. The minimum Gasteiger partial charge on any atom is -0.497 e. The molecule has 3 heterocycles. The molecule has 0 aromatic carbocycles. The first-order valence-electron chi connectivity index (χ1n) is 10.6. The molecule has 0 saturated carbocycles. The van der Waals surface area contributed by atoms with E-state index < -0.39 is 0 Å². The predicted molar refractivity (Wildman–Crippen MR) is 102 cm³/mol. The quantitative estimate of drug-likeness (QED) is 0.518. The Morgan fingerprint density at radius 3 is 2.86 bits per heavy atom. The summed E-state index contributed by atoms with van der Waals surface area (Å²) >= 11 is 0. The van der Waals surface area contributed by atoms with Crippen molar-refractivity contribution in [2.24, 2.45) is 23.2 Å². The normalized spacial score (nSPS) is 38.0. The fourth-order valence-electron chi connectivity index (χ4n) is 6.98. The number of allylic oxidation sites excluding steroid dienone is 3. The van der Waals surface area contributed by atoms with Gasteiger partial charge in [-0.2, -0.15) is 0 Å². The third-order valence-electron chi connectivity index (χ3n) is 8.32. The highest BCUT2D eigenvalue weighted by Gasteiger charge is 2.64. The van der Waals surface area contributed by atoms with Gasteiger partial charge in [-0.05, 0) is 24.5 Å². The lowest BCUT2D eigenvalue weighted by Gasteiger charge is -2.31. The maximum atomic E-state index is 13.9. The van der Waals surface area contributed by atoms with E-state index in [1.54, 1.807) is 0 Å². The van der Waals surface area contributed by atoms with Crippen LogP contribution in [0.3, 0.4) is 0 Å². The van der Waals surface area contributed by atoms with Gasteiger partial charge in [0.05, 0.1) is 24.7 Å². The molecule has 0 spiro atoms. The van der Waals surface area contributed by atoms with Gasteiger partial charge in [0.2, 0.25) is 0 Å². The van der Waals surface area contributed by atoms with Crippen LogP contribution in [0.4, 0.5) is 0 Å². The van der Waals surface area contributed by atoms with Crippen LogP contribution in [0.25, 0.3) is 0 Å². The number of ether oxygens (including phenoxy) is 2. The summed E-state index contributed by atoms with van der Waals surface area (Å²) in [5.74, 6) is 1.49. The average molecular weight is 380 g/mol. The van der Waals surface area contributed by atoms with E-state index in [9.17, 15) is 9.59 Å². The van der Waals surface area contributed by atoms with E-state index in [0.717, 1.165) is 54.8 Å². The maximum absolute atomic E-state index is 13.9. The summed E-state index contributed by atoms with van der Waals surface area (Å²) in [5.41, 5.74) is 5.62. The fraction of sp³-hybridized carbons (Fsp3) is 0.609. The van der Waals surface area contributed by atoms with Crippen molar-refractivity contribution in [2.45, 2.75) is 39.5 Å². The van der Waals surface area contributed by atoms with Gasteiger partial charge in [-0.15, -0.1) is 0 Å². The highest BCUT2D eigenvalue weighted by Crippen LogP contribution is 2.61. The van der Waals surface area contributed by atoms with E-state index in [1.807, 2.05) is 0 Å². The molecule has 0 aromatic rings. The van der Waals surface area contributed by atoms with Gasteiger partial charge in [0.1, 0.15) is 18.8 Å². The fourth-order valence-corrected chi connectivity index (χ4v) is 6.98. The van der Waals surface area contributed by atoms with Gasteiger partial charge in [-0.25, -0.2) is 9.37 Å². The standard InChI is InChI=1S/C23H26NO4/c1-11-9-24-10-12-4-5-15-17-13(6-7-28-15)18(22(26)27-3)19-20(17)23(12,2)16(24)8-14(11)21(19)25/h11-12,14H,4-10H2,1-3H3/q+1/t11-,12-,14-,23-/m1/s1. The molecule has 5 nitrogen and oxygen atoms in total. The number of fused-ring (bicyclic) bond motifs is 1. The zero-order valence-electron chi connectivity index (χ0n) is 16.8. The third kappa shape index (κ3) is 1.73. The van der Waals surface area contributed by atoms with Gasteiger partial charge in [0.15, 0.2) is 11.5 Å². The number of Topliss-reactive ketones (excluding diaryl/α,β-unsaturated/α-hetero) is 1. The highest BCUT2D eigenvalue weighted by molar-refractivity contribution is 6.18. The van der Waals surface area contributed by atoms with Crippen molar-refractivity contribution < 1.29 is 23.6 Å². The first kappa shape index (κ1) is 16.8. The van der Waals surface area contributed by atoms with Crippen molar-refractivity contribution in [3.8, 4) is 0 Å². The molecule has 0 fully saturated rings. The van der Waals surface area contributed by atoms with E-state index in [2.05, 4.69) is 18.4 Å². The number of hydrogen-bond donors (Lipinski definition) is 0. The molecular weight excluding hydrogens is 354 g/mol. The molecule has 0 unspecified atom stereocenters. The van der Waals surface area contributed by atoms with Gasteiger partial charge < -0.3 is 9.47 Å². The largest absolute Gasteiger partial charge is 0.497 e. The van der Waals surface area contributed by atoms with E-state index in [1.165, 1.54) is 12.8 Å². The van der Waals surface area contributed by atoms with Crippen LogP contribution in [0.5, 0.6) is 0 Å². The monoisotopic (exact) mass is 380 g/mol. The van der Waals surface area contributed by atoms with E-state index in [4.69, 9.17) is 9.47 Å². The Kier molecular flexibility index (Phi) is 3.14. The Morgan fingerprint density at radius 1 is 1.25 bits per heavy atom. The topological polar surface area (TPSA) is 55.6 Å². The van der Waals surface area contributed by atoms with Gasteiger partial charge in [0.25, 0.3) is 0 Å². The number of hydrogen-bond acceptors (Lipinski definition) is 4. The molecule has 3 aliphatic carbocycles. The van der Waals surface area contributed by atoms with Crippen LogP contribution in [0.15, 0.2) is 33.6 Å².